The molecule has 0 radical (unpaired) electrons. The van der Waals surface area contributed by atoms with Gasteiger partial charge < -0.3 is 5.73 Å². The Kier molecular flexibility index (Phi) is 3.45. The second-order valence-corrected chi connectivity index (χ2v) is 6.39. The molecular weight excluding hydrogens is 210 g/mol. The van der Waals surface area contributed by atoms with Crippen molar-refractivity contribution in [2.75, 3.05) is 5.73 Å². The van der Waals surface area contributed by atoms with Gasteiger partial charge in [0.15, 0.2) is 0 Å². The van der Waals surface area contributed by atoms with Crippen LogP contribution >= 0.6 is 0 Å². The van der Waals surface area contributed by atoms with Crippen molar-refractivity contribution in [1.82, 2.24) is 9.78 Å². The predicted octanol–water partition coefficient (Wildman–Crippen LogP) is 3.34. The molecule has 3 heteroatoms. The number of rotatable bonds is 2. The molecule has 0 atom stereocenters. The van der Waals surface area contributed by atoms with Crippen molar-refractivity contribution in [1.29, 1.82) is 0 Å². The molecule has 0 unspecified atom stereocenters. The van der Waals surface area contributed by atoms with Crippen LogP contribution in [0.1, 0.15) is 58.6 Å². The van der Waals surface area contributed by atoms with E-state index in [0.717, 1.165) is 24.0 Å². The Hall–Kier alpha value is -0.990. The highest BCUT2D eigenvalue weighted by molar-refractivity contribution is 5.33. The van der Waals surface area contributed by atoms with Gasteiger partial charge in [-0.1, -0.05) is 40.0 Å². The van der Waals surface area contributed by atoms with E-state index in [2.05, 4.69) is 25.9 Å². The fourth-order valence-corrected chi connectivity index (χ4v) is 2.56. The summed E-state index contributed by atoms with van der Waals surface area (Å²) in [6.07, 6.45) is 6.82. The molecule has 0 spiro atoms. The zero-order chi connectivity index (χ0) is 12.5. The molecule has 3 nitrogen and oxygen atoms in total. The van der Waals surface area contributed by atoms with E-state index in [4.69, 9.17) is 5.73 Å². The smallest absolute Gasteiger partial charge is 0.121 e. The SMILES string of the molecule is CC(C)(C)c1cc(N)n(CC2CCCCC2)n1. The Morgan fingerprint density at radius 3 is 2.47 bits per heavy atom. The maximum Gasteiger partial charge on any atom is 0.121 e. The summed E-state index contributed by atoms with van der Waals surface area (Å²) in [4.78, 5) is 0. The van der Waals surface area contributed by atoms with Crippen LogP contribution in [0.2, 0.25) is 0 Å². The van der Waals surface area contributed by atoms with Crippen LogP contribution in [0.4, 0.5) is 5.82 Å². The second kappa shape index (κ2) is 4.71. The zero-order valence-electron chi connectivity index (χ0n) is 11.4. The molecule has 1 fully saturated rings. The summed E-state index contributed by atoms with van der Waals surface area (Å²) < 4.78 is 2.01. The topological polar surface area (TPSA) is 43.8 Å². The van der Waals surface area contributed by atoms with E-state index in [1.54, 1.807) is 0 Å². The summed E-state index contributed by atoms with van der Waals surface area (Å²) in [5, 5.41) is 4.67. The Morgan fingerprint density at radius 2 is 1.94 bits per heavy atom. The molecule has 1 saturated carbocycles. The molecule has 1 aromatic heterocycles. The molecular formula is C14H25N3. The van der Waals surface area contributed by atoms with Crippen LogP contribution in [0.25, 0.3) is 0 Å². The minimum absolute atomic E-state index is 0.0892. The third-order valence-electron chi connectivity index (χ3n) is 3.74. The first-order valence-corrected chi connectivity index (χ1v) is 6.80. The minimum atomic E-state index is 0.0892. The van der Waals surface area contributed by atoms with Gasteiger partial charge in [0, 0.05) is 18.0 Å². The quantitative estimate of drug-likeness (QED) is 0.854. The molecule has 2 N–H and O–H groups in total. The summed E-state index contributed by atoms with van der Waals surface area (Å²) in [6, 6.07) is 2.03. The summed E-state index contributed by atoms with van der Waals surface area (Å²) >= 11 is 0. The number of anilines is 1. The lowest BCUT2D eigenvalue weighted by Gasteiger charge is -2.22. The molecule has 1 heterocycles. The minimum Gasteiger partial charge on any atom is -0.384 e. The molecule has 0 bridgehead atoms. The zero-order valence-corrected chi connectivity index (χ0v) is 11.4. The maximum atomic E-state index is 6.06. The van der Waals surface area contributed by atoms with Gasteiger partial charge in [0.05, 0.1) is 5.69 Å². The van der Waals surface area contributed by atoms with Crippen molar-refractivity contribution < 1.29 is 0 Å². The lowest BCUT2D eigenvalue weighted by atomic mass is 9.89. The van der Waals surface area contributed by atoms with Gasteiger partial charge in [-0.15, -0.1) is 0 Å². The van der Waals surface area contributed by atoms with Gasteiger partial charge in [0.25, 0.3) is 0 Å². The molecule has 1 aliphatic rings. The number of nitrogen functional groups attached to an aromatic ring is 1. The van der Waals surface area contributed by atoms with E-state index in [0.29, 0.717) is 0 Å². The van der Waals surface area contributed by atoms with Crippen molar-refractivity contribution in [3.8, 4) is 0 Å². The molecule has 1 aliphatic carbocycles. The van der Waals surface area contributed by atoms with Crippen LogP contribution in [-0.4, -0.2) is 9.78 Å². The fourth-order valence-electron chi connectivity index (χ4n) is 2.56. The molecule has 0 aromatic carbocycles. The summed E-state index contributed by atoms with van der Waals surface area (Å²) in [7, 11) is 0. The van der Waals surface area contributed by atoms with Crippen LogP contribution in [-0.2, 0) is 12.0 Å². The van der Waals surface area contributed by atoms with E-state index < -0.39 is 0 Å². The van der Waals surface area contributed by atoms with Crippen LogP contribution in [0.3, 0.4) is 0 Å². The fraction of sp³-hybridized carbons (Fsp3) is 0.786. The van der Waals surface area contributed by atoms with Crippen LogP contribution < -0.4 is 5.73 Å². The Labute approximate surface area is 104 Å². The average Bonchev–Trinajstić information content (AvgIpc) is 2.62. The standard InChI is InChI=1S/C14H25N3/c1-14(2,3)12-9-13(15)17(16-12)10-11-7-5-4-6-8-11/h9,11H,4-8,10,15H2,1-3H3. The summed E-state index contributed by atoms with van der Waals surface area (Å²) in [5.74, 6) is 1.60. The lowest BCUT2D eigenvalue weighted by Crippen LogP contribution is -2.18. The first-order chi connectivity index (χ1) is 7.97. The van der Waals surface area contributed by atoms with Crippen molar-refractivity contribution in [3.05, 3.63) is 11.8 Å². The molecule has 0 amide bonds. The van der Waals surface area contributed by atoms with Crippen LogP contribution in [0.15, 0.2) is 6.07 Å². The first kappa shape index (κ1) is 12.5. The highest BCUT2D eigenvalue weighted by Crippen LogP contribution is 2.27. The van der Waals surface area contributed by atoms with Gasteiger partial charge in [0.2, 0.25) is 0 Å². The van der Waals surface area contributed by atoms with E-state index in [-0.39, 0.29) is 5.41 Å². The van der Waals surface area contributed by atoms with E-state index in [1.807, 2.05) is 10.7 Å². The van der Waals surface area contributed by atoms with Crippen LogP contribution in [0, 0.1) is 5.92 Å². The number of aromatic nitrogens is 2. The highest BCUT2D eigenvalue weighted by atomic mass is 15.3. The largest absolute Gasteiger partial charge is 0.384 e. The Bertz CT molecular complexity index is 367. The summed E-state index contributed by atoms with van der Waals surface area (Å²) in [5.41, 5.74) is 7.25. The number of nitrogens with zero attached hydrogens (tertiary/aromatic N) is 2. The van der Waals surface area contributed by atoms with Crippen molar-refractivity contribution in [2.45, 2.75) is 64.8 Å². The molecule has 0 aliphatic heterocycles. The molecule has 96 valence electrons. The Balaban J connectivity index is 2.07. The monoisotopic (exact) mass is 235 g/mol. The van der Waals surface area contributed by atoms with Crippen molar-refractivity contribution >= 4 is 5.82 Å². The Morgan fingerprint density at radius 1 is 1.29 bits per heavy atom. The number of hydrogen-bond acceptors (Lipinski definition) is 2. The van der Waals surface area contributed by atoms with Gasteiger partial charge in [-0.2, -0.15) is 5.10 Å². The normalized spacial score (nSPS) is 18.5. The molecule has 0 saturated heterocycles. The van der Waals surface area contributed by atoms with Gasteiger partial charge in [-0.25, -0.2) is 4.68 Å². The van der Waals surface area contributed by atoms with E-state index >= 15 is 0 Å². The predicted molar refractivity (Wildman–Crippen MR) is 71.9 cm³/mol. The van der Waals surface area contributed by atoms with Crippen molar-refractivity contribution in [3.63, 3.8) is 0 Å². The van der Waals surface area contributed by atoms with Gasteiger partial charge in [-0.3, -0.25) is 0 Å². The number of hydrogen-bond donors (Lipinski definition) is 1. The molecule has 17 heavy (non-hydrogen) atoms. The number of nitrogens with two attached hydrogens (primary N) is 1. The van der Waals surface area contributed by atoms with Crippen LogP contribution in [0.5, 0.6) is 0 Å². The van der Waals surface area contributed by atoms with Gasteiger partial charge in [-0.05, 0) is 18.8 Å². The molecule has 2 rings (SSSR count). The third-order valence-corrected chi connectivity index (χ3v) is 3.74. The third kappa shape index (κ3) is 3.02. The second-order valence-electron chi connectivity index (χ2n) is 6.39. The maximum absolute atomic E-state index is 6.06. The van der Waals surface area contributed by atoms with Gasteiger partial charge in [0.1, 0.15) is 5.82 Å². The van der Waals surface area contributed by atoms with E-state index in [1.165, 1.54) is 32.1 Å². The summed E-state index contributed by atoms with van der Waals surface area (Å²) in [6.45, 7) is 7.54. The van der Waals surface area contributed by atoms with E-state index in [9.17, 15) is 0 Å². The first-order valence-electron chi connectivity index (χ1n) is 6.80. The molecule has 1 aromatic rings. The van der Waals surface area contributed by atoms with Gasteiger partial charge >= 0.3 is 0 Å². The van der Waals surface area contributed by atoms with Crippen molar-refractivity contribution in [2.24, 2.45) is 5.92 Å². The average molecular weight is 235 g/mol. The highest BCUT2D eigenvalue weighted by Gasteiger charge is 2.21. The lowest BCUT2D eigenvalue weighted by molar-refractivity contribution is 0.308.